The van der Waals surface area contributed by atoms with Crippen LogP contribution in [0.1, 0.15) is 38.3 Å². The monoisotopic (exact) mass is 487 g/mol. The molecule has 3 amide bonds. The molecule has 188 valence electrons. The van der Waals surface area contributed by atoms with Crippen molar-refractivity contribution in [1.82, 2.24) is 9.80 Å². The predicted molar refractivity (Wildman–Crippen MR) is 137 cm³/mol. The zero-order chi connectivity index (χ0) is 26.3. The molecule has 0 saturated carbocycles. The quantitative estimate of drug-likeness (QED) is 0.671. The van der Waals surface area contributed by atoms with Crippen molar-refractivity contribution in [3.63, 3.8) is 0 Å². The molecule has 1 unspecified atom stereocenters. The number of carbonyl (C=O) groups is 3. The SMILES string of the molecule is CN(C(=O)C(N)C(C)(C)C)[C@@H](Cc1ccccc1)C(=O)N1C[C@]2(C[C@H]1C#N)C(=O)Nc1ccccc12. The molecule has 4 rings (SSSR count). The zero-order valence-corrected chi connectivity index (χ0v) is 21.2. The van der Waals surface area contributed by atoms with Gasteiger partial charge in [-0.05, 0) is 22.6 Å². The van der Waals surface area contributed by atoms with Crippen molar-refractivity contribution in [3.8, 4) is 6.07 Å². The van der Waals surface area contributed by atoms with Crippen LogP contribution in [0.5, 0.6) is 0 Å². The summed E-state index contributed by atoms with van der Waals surface area (Å²) in [4.78, 5) is 43.5. The van der Waals surface area contributed by atoms with Gasteiger partial charge < -0.3 is 20.9 Å². The first kappa shape index (κ1) is 25.4. The maximum absolute atomic E-state index is 14.1. The van der Waals surface area contributed by atoms with Gasteiger partial charge in [-0.15, -0.1) is 0 Å². The summed E-state index contributed by atoms with van der Waals surface area (Å²) in [6.45, 7) is 5.71. The van der Waals surface area contributed by atoms with Crippen LogP contribution in [0.15, 0.2) is 54.6 Å². The van der Waals surface area contributed by atoms with Gasteiger partial charge in [-0.3, -0.25) is 14.4 Å². The van der Waals surface area contributed by atoms with Crippen LogP contribution in [-0.2, 0) is 26.2 Å². The van der Waals surface area contributed by atoms with Gasteiger partial charge in [0.2, 0.25) is 17.7 Å². The molecule has 0 aromatic heterocycles. The molecule has 3 N–H and O–H groups in total. The molecule has 0 aliphatic carbocycles. The molecule has 2 aliphatic heterocycles. The number of benzene rings is 2. The third-order valence-electron chi connectivity index (χ3n) is 7.49. The molecule has 1 fully saturated rings. The third kappa shape index (κ3) is 4.35. The van der Waals surface area contributed by atoms with Crippen LogP contribution in [0, 0.1) is 16.7 Å². The van der Waals surface area contributed by atoms with Gasteiger partial charge in [-0.1, -0.05) is 69.3 Å². The molecule has 1 saturated heterocycles. The van der Waals surface area contributed by atoms with Gasteiger partial charge in [0, 0.05) is 32.1 Å². The molecule has 2 aromatic rings. The molecular formula is C28H33N5O3. The van der Waals surface area contributed by atoms with Crippen molar-refractivity contribution in [2.45, 2.75) is 57.2 Å². The lowest BCUT2D eigenvalue weighted by molar-refractivity contribution is -0.146. The number of likely N-dealkylation sites (tertiary alicyclic amines) is 1. The van der Waals surface area contributed by atoms with E-state index in [9.17, 15) is 19.6 Å². The molecule has 0 radical (unpaired) electrons. The Hall–Kier alpha value is -3.70. The second-order valence-corrected chi connectivity index (χ2v) is 10.9. The first-order chi connectivity index (χ1) is 17.0. The van der Waals surface area contributed by atoms with E-state index in [1.807, 2.05) is 75.4 Å². The van der Waals surface area contributed by atoms with Gasteiger partial charge in [0.15, 0.2) is 0 Å². The molecule has 2 aromatic carbocycles. The van der Waals surface area contributed by atoms with Crippen molar-refractivity contribution in [3.05, 3.63) is 65.7 Å². The average Bonchev–Trinajstić information content (AvgIpc) is 3.39. The Balaban J connectivity index is 1.69. The highest BCUT2D eigenvalue weighted by Gasteiger charge is 2.56. The average molecular weight is 488 g/mol. The molecular weight excluding hydrogens is 454 g/mol. The Morgan fingerprint density at radius 2 is 1.83 bits per heavy atom. The molecule has 4 atom stereocenters. The van der Waals surface area contributed by atoms with Crippen molar-refractivity contribution < 1.29 is 14.4 Å². The van der Waals surface area contributed by atoms with Crippen LogP contribution < -0.4 is 11.1 Å². The standard InChI is InChI=1S/C28H33N5O3/c1-27(2,3)23(30)25(35)32(4)22(14-18-10-6-5-7-11-18)24(34)33-17-28(15-19(33)16-29)20-12-8-9-13-21(20)31-26(28)36/h5-13,19,22-23H,14-15,17,30H2,1-4H3,(H,31,36)/t19-,22-,23?,28-/m0/s1. The van der Waals surface area contributed by atoms with E-state index in [1.165, 1.54) is 9.80 Å². The Bertz CT molecular complexity index is 1220. The fourth-order valence-corrected chi connectivity index (χ4v) is 5.15. The summed E-state index contributed by atoms with van der Waals surface area (Å²) in [5.41, 5.74) is 7.17. The highest BCUT2D eigenvalue weighted by molar-refractivity contribution is 6.07. The van der Waals surface area contributed by atoms with E-state index >= 15 is 0 Å². The maximum atomic E-state index is 14.1. The molecule has 36 heavy (non-hydrogen) atoms. The highest BCUT2D eigenvalue weighted by Crippen LogP contribution is 2.46. The van der Waals surface area contributed by atoms with Crippen molar-refractivity contribution >= 4 is 23.4 Å². The van der Waals surface area contributed by atoms with Gasteiger partial charge in [0.05, 0.1) is 17.5 Å². The summed E-state index contributed by atoms with van der Waals surface area (Å²) in [5, 5.41) is 12.9. The minimum absolute atomic E-state index is 0.0750. The minimum Gasteiger partial charge on any atom is -0.332 e. The molecule has 1 spiro atoms. The van der Waals surface area contributed by atoms with Crippen molar-refractivity contribution in [1.29, 1.82) is 5.26 Å². The molecule has 8 heteroatoms. The number of hydrogen-bond acceptors (Lipinski definition) is 5. The van der Waals surface area contributed by atoms with Gasteiger partial charge in [-0.25, -0.2) is 0 Å². The second-order valence-electron chi connectivity index (χ2n) is 10.9. The smallest absolute Gasteiger partial charge is 0.246 e. The third-order valence-corrected chi connectivity index (χ3v) is 7.49. The number of fused-ring (bicyclic) bond motifs is 2. The normalized spacial score (nSPS) is 22.5. The molecule has 0 bridgehead atoms. The lowest BCUT2D eigenvalue weighted by Gasteiger charge is -2.36. The topological polar surface area (TPSA) is 120 Å². The van der Waals surface area contributed by atoms with E-state index in [2.05, 4.69) is 11.4 Å². The number of nitrogens with zero attached hydrogens (tertiary/aromatic N) is 3. The summed E-state index contributed by atoms with van der Waals surface area (Å²) in [5.74, 6) is -0.919. The summed E-state index contributed by atoms with van der Waals surface area (Å²) in [6, 6.07) is 16.6. The van der Waals surface area contributed by atoms with Crippen LogP contribution in [-0.4, -0.2) is 59.2 Å². The van der Waals surface area contributed by atoms with Gasteiger partial charge in [0.25, 0.3) is 0 Å². The fourth-order valence-electron chi connectivity index (χ4n) is 5.15. The maximum Gasteiger partial charge on any atom is 0.246 e. The number of anilines is 1. The highest BCUT2D eigenvalue weighted by atomic mass is 16.2. The number of nitrogens with one attached hydrogen (secondary N) is 1. The van der Waals surface area contributed by atoms with Gasteiger partial charge in [-0.2, -0.15) is 5.26 Å². The van der Waals surface area contributed by atoms with E-state index in [0.717, 1.165) is 11.1 Å². The lowest BCUT2D eigenvalue weighted by Crippen LogP contribution is -2.57. The number of hydrogen-bond donors (Lipinski definition) is 2. The van der Waals surface area contributed by atoms with Gasteiger partial charge >= 0.3 is 0 Å². The lowest BCUT2D eigenvalue weighted by atomic mass is 9.80. The Labute approximate surface area is 212 Å². The van der Waals surface area contributed by atoms with Gasteiger partial charge in [0.1, 0.15) is 12.1 Å². The summed E-state index contributed by atoms with van der Waals surface area (Å²) in [6.07, 6.45) is 0.471. The summed E-state index contributed by atoms with van der Waals surface area (Å²) < 4.78 is 0. The largest absolute Gasteiger partial charge is 0.332 e. The minimum atomic E-state index is -0.992. The van der Waals surface area contributed by atoms with Crippen LogP contribution in [0.2, 0.25) is 0 Å². The van der Waals surface area contributed by atoms with Crippen LogP contribution in [0.25, 0.3) is 0 Å². The number of nitrogens with two attached hydrogens (primary N) is 1. The Morgan fingerprint density at radius 3 is 2.47 bits per heavy atom. The predicted octanol–water partition coefficient (Wildman–Crippen LogP) is 2.44. The number of carbonyl (C=O) groups excluding carboxylic acids is 3. The first-order valence-corrected chi connectivity index (χ1v) is 12.2. The van der Waals surface area contributed by atoms with Crippen LogP contribution in [0.4, 0.5) is 5.69 Å². The zero-order valence-electron chi connectivity index (χ0n) is 21.2. The number of para-hydroxylation sites is 1. The number of nitriles is 1. The van der Waals surface area contributed by atoms with Crippen molar-refractivity contribution in [2.75, 3.05) is 18.9 Å². The Morgan fingerprint density at radius 1 is 1.19 bits per heavy atom. The van der Waals surface area contributed by atoms with E-state index in [1.54, 1.807) is 7.05 Å². The number of likely N-dealkylation sites (N-methyl/N-ethyl adjacent to an activating group) is 1. The summed E-state index contributed by atoms with van der Waals surface area (Å²) >= 11 is 0. The van der Waals surface area contributed by atoms with Crippen molar-refractivity contribution in [2.24, 2.45) is 11.1 Å². The first-order valence-electron chi connectivity index (χ1n) is 12.2. The molecule has 2 heterocycles. The van der Waals surface area contributed by atoms with E-state index in [4.69, 9.17) is 5.73 Å². The summed E-state index contributed by atoms with van der Waals surface area (Å²) in [7, 11) is 1.59. The second kappa shape index (κ2) is 9.40. The van der Waals surface area contributed by atoms with Crippen LogP contribution in [0.3, 0.4) is 0 Å². The number of rotatable bonds is 5. The number of amides is 3. The van der Waals surface area contributed by atoms with E-state index in [0.29, 0.717) is 5.69 Å². The molecule has 2 aliphatic rings. The van der Waals surface area contributed by atoms with Crippen LogP contribution >= 0.6 is 0 Å². The van der Waals surface area contributed by atoms with E-state index < -0.39 is 29.0 Å². The molecule has 8 nitrogen and oxygen atoms in total. The van der Waals surface area contributed by atoms with E-state index in [-0.39, 0.29) is 37.1 Å². The fraction of sp³-hybridized carbons (Fsp3) is 0.429. The Kier molecular flexibility index (Phi) is 6.63.